The van der Waals surface area contributed by atoms with E-state index in [-0.39, 0.29) is 14.1 Å². The number of carbonyl (C=O) groups excluding carboxylic acids is 1. The van der Waals surface area contributed by atoms with Crippen LogP contribution in [-0.4, -0.2) is 5.52 Å². The fraction of sp³-hybridized carbons (Fsp3) is 0. The number of ether oxygens (including phenoxy) is 2. The molecule has 0 aliphatic rings. The largest absolute Gasteiger partial charge is 0.457 e. The summed E-state index contributed by atoms with van der Waals surface area (Å²) < 4.78 is 12.0. The molecular weight excluding hydrogens is 450 g/mol. The van der Waals surface area contributed by atoms with Gasteiger partial charge in [0.05, 0.1) is 15.6 Å². The molecule has 0 amide bonds. The molecule has 1 unspecified atom stereocenters. The van der Waals surface area contributed by atoms with Gasteiger partial charge in [-0.1, -0.05) is 65.7 Å². The van der Waals surface area contributed by atoms with Gasteiger partial charge >= 0.3 is 0 Å². The van der Waals surface area contributed by atoms with Crippen LogP contribution in [0, 0.1) is 0 Å². The summed E-state index contributed by atoms with van der Waals surface area (Å²) in [4.78, 5) is 13.0. The first-order valence-electron chi connectivity index (χ1n) is 9.45. The first-order valence-corrected chi connectivity index (χ1v) is 11.2. The Kier molecular flexibility index (Phi) is 6.89. The molecule has 0 spiro atoms. The Morgan fingerprint density at radius 1 is 0.645 bits per heavy atom. The molecule has 0 radical (unpaired) electrons. The summed E-state index contributed by atoms with van der Waals surface area (Å²) in [6, 6.07) is 29.3. The maximum absolute atomic E-state index is 13.0. The van der Waals surface area contributed by atoms with Gasteiger partial charge in [-0.25, -0.2) is 0 Å². The molecule has 6 heteroatoms. The highest BCUT2D eigenvalue weighted by atomic mass is 35.5. The molecule has 0 heterocycles. The molecule has 4 aromatic carbocycles. The summed E-state index contributed by atoms with van der Waals surface area (Å²) in [5.74, 6) is 2.51. The summed E-state index contributed by atoms with van der Waals surface area (Å²) >= 11 is 12.4. The van der Waals surface area contributed by atoms with E-state index < -0.39 is 0 Å². The Hall–Kier alpha value is -2.84. The predicted octanol–water partition coefficient (Wildman–Crippen LogP) is 7.72. The number of benzene rings is 4. The molecule has 0 saturated heterocycles. The Balaban J connectivity index is 1.66. The van der Waals surface area contributed by atoms with Crippen LogP contribution < -0.4 is 14.8 Å². The number of hydrogen-bond acceptors (Lipinski definition) is 3. The van der Waals surface area contributed by atoms with Gasteiger partial charge in [-0.15, -0.1) is 0 Å². The fourth-order valence-electron chi connectivity index (χ4n) is 2.89. The molecule has 3 nitrogen and oxygen atoms in total. The third kappa shape index (κ3) is 5.45. The van der Waals surface area contributed by atoms with Crippen molar-refractivity contribution in [1.29, 1.82) is 0 Å². The van der Waals surface area contributed by atoms with Gasteiger partial charge in [-0.2, -0.15) is 0 Å². The van der Waals surface area contributed by atoms with E-state index in [0.29, 0.717) is 38.6 Å². The van der Waals surface area contributed by atoms with Crippen molar-refractivity contribution in [1.82, 2.24) is 0 Å². The van der Waals surface area contributed by atoms with Crippen molar-refractivity contribution in [2.45, 2.75) is 0 Å². The van der Waals surface area contributed by atoms with Gasteiger partial charge in [0.25, 0.3) is 0 Å². The average Bonchev–Trinajstić information content (AvgIpc) is 2.77. The molecule has 4 aromatic rings. The van der Waals surface area contributed by atoms with Gasteiger partial charge < -0.3 is 9.47 Å². The summed E-state index contributed by atoms with van der Waals surface area (Å²) in [6.07, 6.45) is 0. The Morgan fingerprint density at radius 2 is 1.23 bits per heavy atom. The van der Waals surface area contributed by atoms with Crippen molar-refractivity contribution in [3.8, 4) is 23.0 Å². The third-order valence-corrected chi connectivity index (χ3v) is 6.13. The van der Waals surface area contributed by atoms with Gasteiger partial charge in [-0.05, 0) is 57.1 Å². The van der Waals surface area contributed by atoms with Crippen LogP contribution in [0.2, 0.25) is 10.0 Å². The van der Waals surface area contributed by atoms with Crippen LogP contribution in [0.25, 0.3) is 0 Å². The molecule has 154 valence electrons. The lowest BCUT2D eigenvalue weighted by Gasteiger charge is -2.14. The first kappa shape index (κ1) is 21.4. The van der Waals surface area contributed by atoms with E-state index >= 15 is 0 Å². The summed E-state index contributed by atoms with van der Waals surface area (Å²) in [7, 11) is -0.225. The standard InChI is InChI=1S/C25H17Cl2O3P/c26-20-12-7-13-21(27)24(20)25(28)31-23-15-14-19(29-17-8-3-1-4-9-17)16-22(23)30-18-10-5-2-6-11-18/h1-16,31H. The molecule has 31 heavy (non-hydrogen) atoms. The van der Waals surface area contributed by atoms with Crippen LogP contribution in [0.1, 0.15) is 10.4 Å². The highest BCUT2D eigenvalue weighted by Gasteiger charge is 2.18. The number of rotatable bonds is 7. The normalized spacial score (nSPS) is 10.9. The third-order valence-electron chi connectivity index (χ3n) is 4.34. The smallest absolute Gasteiger partial charge is 0.188 e. The van der Waals surface area contributed by atoms with Crippen molar-refractivity contribution in [3.63, 3.8) is 0 Å². The Bertz CT molecular complexity index is 1180. The Morgan fingerprint density at radius 3 is 1.84 bits per heavy atom. The summed E-state index contributed by atoms with van der Waals surface area (Å²) in [5.41, 5.74) is 0.157. The molecule has 1 atom stereocenters. The van der Waals surface area contributed by atoms with Crippen LogP contribution in [0.5, 0.6) is 23.0 Å². The summed E-state index contributed by atoms with van der Waals surface area (Å²) in [6.45, 7) is 0. The molecule has 0 aromatic heterocycles. The second-order valence-corrected chi connectivity index (χ2v) is 8.60. The van der Waals surface area contributed by atoms with Crippen molar-refractivity contribution in [2.24, 2.45) is 0 Å². The highest BCUT2D eigenvalue weighted by molar-refractivity contribution is 7.66. The second-order valence-electron chi connectivity index (χ2n) is 6.54. The summed E-state index contributed by atoms with van der Waals surface area (Å²) in [5, 5.41) is 1.39. The minimum atomic E-state index is -0.225. The van der Waals surface area contributed by atoms with E-state index in [4.69, 9.17) is 32.7 Å². The molecule has 0 N–H and O–H groups in total. The van der Waals surface area contributed by atoms with Crippen LogP contribution in [-0.2, 0) is 0 Å². The zero-order chi connectivity index (χ0) is 21.6. The van der Waals surface area contributed by atoms with Gasteiger partial charge in [-0.3, -0.25) is 4.79 Å². The average molecular weight is 467 g/mol. The first-order chi connectivity index (χ1) is 15.1. The van der Waals surface area contributed by atoms with Crippen LogP contribution in [0.4, 0.5) is 0 Å². The lowest BCUT2D eigenvalue weighted by atomic mass is 10.2. The van der Waals surface area contributed by atoms with Gasteiger partial charge in [0.15, 0.2) is 5.52 Å². The molecule has 0 aliphatic carbocycles. The molecule has 4 rings (SSSR count). The number of hydrogen-bond donors (Lipinski definition) is 0. The minimum absolute atomic E-state index is 0.162. The van der Waals surface area contributed by atoms with Crippen LogP contribution in [0.3, 0.4) is 0 Å². The molecule has 0 bridgehead atoms. The van der Waals surface area contributed by atoms with Crippen molar-refractivity contribution >= 4 is 42.6 Å². The monoisotopic (exact) mass is 466 g/mol. The second kappa shape index (κ2) is 9.98. The van der Waals surface area contributed by atoms with Crippen molar-refractivity contribution in [3.05, 3.63) is 113 Å². The molecule has 0 aliphatic heterocycles. The molecular formula is C25H17Cl2O3P. The van der Waals surface area contributed by atoms with E-state index in [1.54, 1.807) is 24.3 Å². The van der Waals surface area contributed by atoms with Gasteiger partial charge in [0.1, 0.15) is 23.0 Å². The topological polar surface area (TPSA) is 35.5 Å². The number of carbonyl (C=O) groups is 1. The van der Waals surface area contributed by atoms with E-state index in [9.17, 15) is 4.79 Å². The number of para-hydroxylation sites is 2. The molecule has 0 fully saturated rings. The minimum Gasteiger partial charge on any atom is -0.457 e. The fourth-order valence-corrected chi connectivity index (χ4v) is 4.67. The maximum atomic E-state index is 13.0. The van der Waals surface area contributed by atoms with Crippen LogP contribution >= 0.6 is 31.8 Å². The predicted molar refractivity (Wildman–Crippen MR) is 128 cm³/mol. The van der Waals surface area contributed by atoms with E-state index in [0.717, 1.165) is 5.30 Å². The van der Waals surface area contributed by atoms with E-state index in [1.807, 2.05) is 72.8 Å². The van der Waals surface area contributed by atoms with E-state index in [1.165, 1.54) is 0 Å². The highest BCUT2D eigenvalue weighted by Crippen LogP contribution is 2.35. The number of halogens is 2. The lowest BCUT2D eigenvalue weighted by molar-refractivity contribution is 0.108. The maximum Gasteiger partial charge on any atom is 0.188 e. The van der Waals surface area contributed by atoms with E-state index in [2.05, 4.69) is 0 Å². The zero-order valence-corrected chi connectivity index (χ0v) is 18.7. The quantitative estimate of drug-likeness (QED) is 0.261. The molecule has 0 saturated carbocycles. The lowest BCUT2D eigenvalue weighted by Crippen LogP contribution is -2.06. The van der Waals surface area contributed by atoms with Gasteiger partial charge in [0.2, 0.25) is 0 Å². The zero-order valence-electron chi connectivity index (χ0n) is 16.2. The SMILES string of the molecule is O=C(Pc1ccc(Oc2ccccc2)cc1Oc1ccccc1)c1c(Cl)cccc1Cl. The van der Waals surface area contributed by atoms with Crippen LogP contribution in [0.15, 0.2) is 97.1 Å². The van der Waals surface area contributed by atoms with Crippen molar-refractivity contribution < 1.29 is 14.3 Å². The Labute approximate surface area is 192 Å². The van der Waals surface area contributed by atoms with Crippen molar-refractivity contribution in [2.75, 3.05) is 0 Å². The van der Waals surface area contributed by atoms with Gasteiger partial charge in [0, 0.05) is 11.4 Å².